The fourth-order valence-electron chi connectivity index (χ4n) is 12.7. The lowest BCUT2D eigenvalue weighted by Gasteiger charge is -2.72. The molecule has 5 aliphatic rings. The number of esters is 2. The summed E-state index contributed by atoms with van der Waals surface area (Å²) in [6.45, 7) is 19.6. The van der Waals surface area contributed by atoms with Crippen molar-refractivity contribution in [3.63, 3.8) is 0 Å². The van der Waals surface area contributed by atoms with E-state index >= 15 is 0 Å². The summed E-state index contributed by atoms with van der Waals surface area (Å²) in [5.74, 6) is 3.27. The van der Waals surface area contributed by atoms with Gasteiger partial charge < -0.3 is 14.3 Å². The molecular formula is C37H60O5. The van der Waals surface area contributed by atoms with Crippen molar-refractivity contribution < 1.29 is 23.9 Å². The fourth-order valence-corrected chi connectivity index (χ4v) is 12.7. The first-order valence-electron chi connectivity index (χ1n) is 17.5. The van der Waals surface area contributed by atoms with Crippen LogP contribution in [0.4, 0.5) is 0 Å². The largest absolute Gasteiger partial charge is 0.466 e. The molecule has 0 N–H and O–H groups in total. The minimum absolute atomic E-state index is 0.0740. The van der Waals surface area contributed by atoms with Gasteiger partial charge in [-0.05, 0) is 129 Å². The van der Waals surface area contributed by atoms with Gasteiger partial charge >= 0.3 is 11.9 Å². The zero-order chi connectivity index (χ0) is 30.7. The van der Waals surface area contributed by atoms with Gasteiger partial charge in [0.2, 0.25) is 0 Å². The molecule has 5 aliphatic carbocycles. The van der Waals surface area contributed by atoms with Crippen molar-refractivity contribution in [2.75, 3.05) is 6.61 Å². The Bertz CT molecular complexity index is 1050. The lowest BCUT2D eigenvalue weighted by atomic mass is 9.32. The molecule has 0 amide bonds. The highest BCUT2D eigenvalue weighted by Crippen LogP contribution is 2.77. The summed E-state index contributed by atoms with van der Waals surface area (Å²) in [6, 6.07) is 0. The molecule has 0 bridgehead atoms. The number of rotatable bonds is 8. The van der Waals surface area contributed by atoms with Crippen LogP contribution in [0.5, 0.6) is 0 Å². The van der Waals surface area contributed by atoms with E-state index in [1.165, 1.54) is 44.8 Å². The van der Waals surface area contributed by atoms with Gasteiger partial charge in [0.1, 0.15) is 12.4 Å². The molecule has 0 aromatic rings. The number of hydrogen-bond acceptors (Lipinski definition) is 5. The van der Waals surface area contributed by atoms with E-state index < -0.39 is 0 Å². The minimum atomic E-state index is -0.241. The summed E-state index contributed by atoms with van der Waals surface area (Å²) in [4.78, 5) is 37.3. The van der Waals surface area contributed by atoms with Crippen LogP contribution in [-0.4, -0.2) is 30.9 Å². The zero-order valence-corrected chi connectivity index (χ0v) is 28.1. The molecule has 5 rings (SSSR count). The van der Waals surface area contributed by atoms with Crippen LogP contribution in [0.1, 0.15) is 139 Å². The van der Waals surface area contributed by atoms with Crippen molar-refractivity contribution in [1.82, 2.24) is 0 Å². The van der Waals surface area contributed by atoms with Crippen molar-refractivity contribution in [2.24, 2.45) is 62.6 Å². The fraction of sp³-hybridized carbons (Fsp3) is 0.919. The molecule has 5 fully saturated rings. The molecule has 0 aromatic carbocycles. The molecule has 238 valence electrons. The Kier molecular flexibility index (Phi) is 8.54. The molecule has 0 radical (unpaired) electrons. The van der Waals surface area contributed by atoms with Gasteiger partial charge in [-0.2, -0.15) is 0 Å². The first-order valence-corrected chi connectivity index (χ1v) is 17.5. The van der Waals surface area contributed by atoms with E-state index in [0.29, 0.717) is 48.5 Å². The van der Waals surface area contributed by atoms with Gasteiger partial charge in [-0.15, -0.1) is 0 Å². The van der Waals surface area contributed by atoms with Crippen LogP contribution in [0.2, 0.25) is 0 Å². The Morgan fingerprint density at radius 1 is 0.810 bits per heavy atom. The third-order valence-electron chi connectivity index (χ3n) is 14.9. The van der Waals surface area contributed by atoms with Gasteiger partial charge in [-0.25, -0.2) is 0 Å². The van der Waals surface area contributed by atoms with Crippen molar-refractivity contribution in [2.45, 2.75) is 145 Å². The normalized spacial score (nSPS) is 45.6. The molecular weight excluding hydrogens is 524 g/mol. The van der Waals surface area contributed by atoms with Crippen LogP contribution >= 0.6 is 0 Å². The van der Waals surface area contributed by atoms with Crippen LogP contribution in [-0.2, 0) is 23.9 Å². The van der Waals surface area contributed by atoms with Crippen LogP contribution < -0.4 is 0 Å². The molecule has 5 saturated carbocycles. The van der Waals surface area contributed by atoms with E-state index in [9.17, 15) is 14.4 Å². The molecule has 0 spiro atoms. The number of fused-ring (bicyclic) bond motifs is 7. The van der Waals surface area contributed by atoms with Gasteiger partial charge in [-0.1, -0.05) is 48.5 Å². The summed E-state index contributed by atoms with van der Waals surface area (Å²) < 4.78 is 11.2. The maximum atomic E-state index is 12.9. The molecule has 10 atom stereocenters. The van der Waals surface area contributed by atoms with E-state index in [1.807, 2.05) is 0 Å². The summed E-state index contributed by atoms with van der Waals surface area (Å²) in [7, 11) is 0. The van der Waals surface area contributed by atoms with E-state index in [-0.39, 0.29) is 58.0 Å². The zero-order valence-electron chi connectivity index (χ0n) is 28.1. The Labute approximate surface area is 256 Å². The second-order valence-electron chi connectivity index (χ2n) is 17.0. The Morgan fingerprint density at radius 3 is 2.19 bits per heavy atom. The summed E-state index contributed by atoms with van der Waals surface area (Å²) in [5, 5.41) is 0. The second kappa shape index (κ2) is 11.2. The maximum Gasteiger partial charge on any atom is 0.306 e. The third kappa shape index (κ3) is 4.72. The van der Waals surface area contributed by atoms with Crippen molar-refractivity contribution in [1.29, 1.82) is 0 Å². The van der Waals surface area contributed by atoms with Crippen LogP contribution in [0.25, 0.3) is 0 Å². The van der Waals surface area contributed by atoms with E-state index in [4.69, 9.17) is 9.47 Å². The number of carbonyl (C=O) groups excluding carboxylic acids is 3. The quantitative estimate of drug-likeness (QED) is 0.211. The standard InChI is InChI=1S/C37H60O5/c1-9-41-30(39)11-10-12-31(40)42-29-17-18-34(6)27(33(29,4)5)16-19-36(8)28(34)14-13-26-32-25(24(2)3)15-20-37(32,23-38)22-21-35(26,36)7/h23-29,32H,9-22H2,1-8H3/t25-,26+,27-,28+,29-,32+,34-,35+,36+,37+/m0/s1. The number of hydrogen-bond donors (Lipinski definition) is 0. The summed E-state index contributed by atoms with van der Waals surface area (Å²) >= 11 is 0. The van der Waals surface area contributed by atoms with E-state index in [0.717, 1.165) is 25.7 Å². The Balaban J connectivity index is 1.34. The number of aldehydes is 1. The van der Waals surface area contributed by atoms with Gasteiger partial charge in [0.05, 0.1) is 6.61 Å². The first kappa shape index (κ1) is 32.0. The van der Waals surface area contributed by atoms with E-state index in [1.54, 1.807) is 6.92 Å². The summed E-state index contributed by atoms with van der Waals surface area (Å²) in [6.07, 6.45) is 14.0. The van der Waals surface area contributed by atoms with Crippen LogP contribution in [0.15, 0.2) is 0 Å². The maximum absolute atomic E-state index is 12.9. The van der Waals surface area contributed by atoms with Crippen molar-refractivity contribution >= 4 is 18.2 Å². The third-order valence-corrected chi connectivity index (χ3v) is 14.9. The molecule has 5 nitrogen and oxygen atoms in total. The minimum Gasteiger partial charge on any atom is -0.466 e. The predicted molar refractivity (Wildman–Crippen MR) is 165 cm³/mol. The summed E-state index contributed by atoms with van der Waals surface area (Å²) in [5.41, 5.74) is 0.599. The van der Waals surface area contributed by atoms with Gasteiger partial charge in [0.15, 0.2) is 0 Å². The molecule has 0 saturated heterocycles. The van der Waals surface area contributed by atoms with Crippen LogP contribution in [0.3, 0.4) is 0 Å². The molecule has 0 aromatic heterocycles. The Morgan fingerprint density at radius 2 is 1.52 bits per heavy atom. The lowest BCUT2D eigenvalue weighted by molar-refractivity contribution is -0.249. The first-order chi connectivity index (χ1) is 19.7. The van der Waals surface area contributed by atoms with Crippen molar-refractivity contribution in [3.05, 3.63) is 0 Å². The predicted octanol–water partition coefficient (Wildman–Crippen LogP) is 8.57. The monoisotopic (exact) mass is 584 g/mol. The molecule has 5 heteroatoms. The molecule has 0 heterocycles. The average molecular weight is 585 g/mol. The molecule has 42 heavy (non-hydrogen) atoms. The highest BCUT2D eigenvalue weighted by molar-refractivity contribution is 5.72. The van der Waals surface area contributed by atoms with Gasteiger partial charge in [-0.3, -0.25) is 9.59 Å². The number of carbonyl (C=O) groups is 3. The molecule has 0 aliphatic heterocycles. The Hall–Kier alpha value is -1.39. The molecule has 0 unspecified atom stereocenters. The lowest BCUT2D eigenvalue weighted by Crippen LogP contribution is -2.67. The second-order valence-corrected chi connectivity index (χ2v) is 17.0. The average Bonchev–Trinajstić information content (AvgIpc) is 3.31. The topological polar surface area (TPSA) is 69.7 Å². The van der Waals surface area contributed by atoms with Gasteiger partial charge in [0.25, 0.3) is 0 Å². The van der Waals surface area contributed by atoms with Crippen LogP contribution in [0, 0.1) is 62.6 Å². The van der Waals surface area contributed by atoms with Crippen molar-refractivity contribution in [3.8, 4) is 0 Å². The highest BCUT2D eigenvalue weighted by atomic mass is 16.5. The van der Waals surface area contributed by atoms with Gasteiger partial charge in [0, 0.05) is 23.7 Å². The highest BCUT2D eigenvalue weighted by Gasteiger charge is 2.71. The smallest absolute Gasteiger partial charge is 0.306 e. The SMILES string of the molecule is CCOC(=O)CCCC(=O)O[C@H]1CC[C@]2(C)[C@H]3CC[C@@H]4[C@H]5[C@H](C(C)C)CC[C@]5(C=O)CC[C@@]4(C)[C@]3(C)CC[C@H]2C1(C)C. The number of ether oxygens (including phenoxy) is 2. The van der Waals surface area contributed by atoms with E-state index in [2.05, 4.69) is 48.5 Å².